The average Bonchev–Trinajstić information content (AvgIpc) is 2.77. The number of rotatable bonds is 8. The third-order valence-corrected chi connectivity index (χ3v) is 9.10. The van der Waals surface area contributed by atoms with Gasteiger partial charge in [0.25, 0.3) is 0 Å². The largest absolute Gasteiger partial charge is 0.462 e. The van der Waals surface area contributed by atoms with Gasteiger partial charge in [-0.1, -0.05) is 83.2 Å². The number of aryl methyl sites for hydroxylation is 1. The lowest BCUT2D eigenvalue weighted by Gasteiger charge is -2.56. The number of carbonyl (C=O) groups excluding carboxylic acids is 1. The predicted octanol–water partition coefficient (Wildman–Crippen LogP) is 6.95. The summed E-state index contributed by atoms with van der Waals surface area (Å²) in [5.74, 6) is 0.878. The van der Waals surface area contributed by atoms with E-state index >= 15 is 0 Å². The Bertz CT molecular complexity index is 714. The van der Waals surface area contributed by atoms with Crippen LogP contribution in [0.15, 0.2) is 24.3 Å². The number of ether oxygens (including phenoxy) is 1. The van der Waals surface area contributed by atoms with Crippen molar-refractivity contribution in [1.29, 1.82) is 0 Å². The minimum Gasteiger partial charge on any atom is -0.462 e. The van der Waals surface area contributed by atoms with Crippen molar-refractivity contribution in [2.45, 2.75) is 117 Å². The van der Waals surface area contributed by atoms with Gasteiger partial charge in [0, 0.05) is 6.42 Å². The highest BCUT2D eigenvalue weighted by atomic mass is 16.5. The van der Waals surface area contributed by atoms with Crippen molar-refractivity contribution in [3.63, 3.8) is 0 Å². The van der Waals surface area contributed by atoms with Crippen molar-refractivity contribution in [2.24, 2.45) is 16.7 Å². The van der Waals surface area contributed by atoms with Gasteiger partial charge in [0.15, 0.2) is 0 Å². The van der Waals surface area contributed by atoms with Crippen LogP contribution < -0.4 is 0 Å². The highest BCUT2D eigenvalue weighted by Gasteiger charge is 2.51. The third kappa shape index (κ3) is 5.18. The number of esters is 1. The van der Waals surface area contributed by atoms with Crippen molar-refractivity contribution in [3.8, 4) is 0 Å². The predicted molar refractivity (Wildman–Crippen MR) is 127 cm³/mol. The molecule has 3 heteroatoms. The fraction of sp³-hybridized carbons (Fsp3) is 0.750. The van der Waals surface area contributed by atoms with Gasteiger partial charge in [-0.25, -0.2) is 0 Å². The standard InChI is InChI=1S/C28H44O3/c1-6-27(7-2)18-24(21-12-10-20(5)11-13-21)25(28(8-3,9-4)19-27)15-14-23-16-22(29)17-26(30)31-23/h10-13,22-25,29H,6-9,14-19H2,1-5H3. The molecule has 1 aromatic rings. The molecule has 4 atom stereocenters. The minimum absolute atomic E-state index is 0.134. The number of benzene rings is 1. The van der Waals surface area contributed by atoms with E-state index in [1.807, 2.05) is 0 Å². The molecule has 4 unspecified atom stereocenters. The summed E-state index contributed by atoms with van der Waals surface area (Å²) in [7, 11) is 0. The van der Waals surface area contributed by atoms with E-state index in [4.69, 9.17) is 4.74 Å². The van der Waals surface area contributed by atoms with Gasteiger partial charge < -0.3 is 9.84 Å². The zero-order valence-corrected chi connectivity index (χ0v) is 20.5. The Morgan fingerprint density at radius 1 is 1.00 bits per heavy atom. The quantitative estimate of drug-likeness (QED) is 0.456. The van der Waals surface area contributed by atoms with Crippen LogP contribution in [0.5, 0.6) is 0 Å². The highest BCUT2D eigenvalue weighted by molar-refractivity contribution is 5.70. The molecule has 0 bridgehead atoms. The molecule has 174 valence electrons. The Morgan fingerprint density at radius 3 is 2.19 bits per heavy atom. The van der Waals surface area contributed by atoms with E-state index in [-0.39, 0.29) is 18.5 Å². The Morgan fingerprint density at radius 2 is 1.65 bits per heavy atom. The number of hydrogen-bond donors (Lipinski definition) is 1. The van der Waals surface area contributed by atoms with Gasteiger partial charge in [-0.2, -0.15) is 0 Å². The van der Waals surface area contributed by atoms with Gasteiger partial charge in [0.1, 0.15) is 6.10 Å². The second-order valence-electron chi connectivity index (χ2n) is 10.6. The number of aliphatic hydroxyl groups excluding tert-OH is 1. The first-order valence-electron chi connectivity index (χ1n) is 12.7. The van der Waals surface area contributed by atoms with E-state index in [2.05, 4.69) is 58.9 Å². The summed E-state index contributed by atoms with van der Waals surface area (Å²) >= 11 is 0. The lowest BCUT2D eigenvalue weighted by Crippen LogP contribution is -2.46. The number of hydrogen-bond acceptors (Lipinski definition) is 3. The lowest BCUT2D eigenvalue weighted by molar-refractivity contribution is -0.161. The van der Waals surface area contributed by atoms with Crippen LogP contribution in [0.1, 0.15) is 109 Å². The molecule has 0 aromatic heterocycles. The molecule has 1 aromatic carbocycles. The zero-order valence-electron chi connectivity index (χ0n) is 20.5. The molecular formula is C28H44O3. The van der Waals surface area contributed by atoms with Gasteiger partial charge >= 0.3 is 5.97 Å². The zero-order chi connectivity index (χ0) is 22.6. The highest BCUT2D eigenvalue weighted by Crippen LogP contribution is 2.62. The summed E-state index contributed by atoms with van der Waals surface area (Å²) in [6, 6.07) is 9.24. The molecule has 0 radical (unpaired) electrons. The molecule has 3 rings (SSSR count). The van der Waals surface area contributed by atoms with Crippen molar-refractivity contribution in [2.75, 3.05) is 0 Å². The summed E-state index contributed by atoms with van der Waals surface area (Å²) in [6.45, 7) is 11.7. The van der Waals surface area contributed by atoms with Crippen LogP contribution in [-0.2, 0) is 9.53 Å². The van der Waals surface area contributed by atoms with Crippen LogP contribution >= 0.6 is 0 Å². The molecule has 3 nitrogen and oxygen atoms in total. The Kier molecular flexibility index (Phi) is 7.89. The van der Waals surface area contributed by atoms with Crippen molar-refractivity contribution < 1.29 is 14.6 Å². The molecule has 1 heterocycles. The topological polar surface area (TPSA) is 46.5 Å². The summed E-state index contributed by atoms with van der Waals surface area (Å²) in [6.07, 6.45) is 9.43. The first kappa shape index (κ1) is 24.3. The summed E-state index contributed by atoms with van der Waals surface area (Å²) in [5.41, 5.74) is 3.52. The van der Waals surface area contributed by atoms with Crippen LogP contribution in [0.2, 0.25) is 0 Å². The third-order valence-electron chi connectivity index (χ3n) is 9.10. The van der Waals surface area contributed by atoms with E-state index in [9.17, 15) is 9.90 Å². The van der Waals surface area contributed by atoms with Crippen LogP contribution in [0.3, 0.4) is 0 Å². The number of cyclic esters (lactones) is 1. The van der Waals surface area contributed by atoms with Crippen LogP contribution in [0, 0.1) is 23.7 Å². The number of aliphatic hydroxyl groups is 1. The Hall–Kier alpha value is -1.35. The molecule has 1 aliphatic heterocycles. The Balaban J connectivity index is 1.93. The van der Waals surface area contributed by atoms with Crippen molar-refractivity contribution in [1.82, 2.24) is 0 Å². The Labute approximate surface area is 190 Å². The van der Waals surface area contributed by atoms with Gasteiger partial charge in [-0.3, -0.25) is 4.79 Å². The van der Waals surface area contributed by atoms with Gasteiger partial charge in [0.05, 0.1) is 12.5 Å². The first-order chi connectivity index (χ1) is 14.8. The summed E-state index contributed by atoms with van der Waals surface area (Å²) in [4.78, 5) is 11.9. The number of carbonyl (C=O) groups is 1. The summed E-state index contributed by atoms with van der Waals surface area (Å²) < 4.78 is 5.62. The van der Waals surface area contributed by atoms with E-state index in [1.54, 1.807) is 0 Å². The van der Waals surface area contributed by atoms with Crippen LogP contribution in [0.25, 0.3) is 0 Å². The molecule has 1 N–H and O–H groups in total. The molecule has 31 heavy (non-hydrogen) atoms. The van der Waals surface area contributed by atoms with Gasteiger partial charge in [0.2, 0.25) is 0 Å². The SMILES string of the molecule is CCC1(CC)CC(c2ccc(C)cc2)C(CCC2CC(O)CC(=O)O2)C(CC)(CC)C1. The molecule has 1 saturated carbocycles. The maximum Gasteiger partial charge on any atom is 0.308 e. The van der Waals surface area contributed by atoms with E-state index in [0.717, 1.165) is 12.8 Å². The molecule has 1 aliphatic carbocycles. The first-order valence-corrected chi connectivity index (χ1v) is 12.7. The van der Waals surface area contributed by atoms with Crippen LogP contribution in [-0.4, -0.2) is 23.3 Å². The molecule has 0 amide bonds. The molecule has 0 spiro atoms. The van der Waals surface area contributed by atoms with Gasteiger partial charge in [-0.05, 0) is 60.8 Å². The van der Waals surface area contributed by atoms with E-state index < -0.39 is 6.10 Å². The average molecular weight is 429 g/mol. The van der Waals surface area contributed by atoms with E-state index in [0.29, 0.717) is 29.1 Å². The molecule has 1 saturated heterocycles. The maximum absolute atomic E-state index is 11.9. The molecular weight excluding hydrogens is 384 g/mol. The normalized spacial score (nSPS) is 30.1. The lowest BCUT2D eigenvalue weighted by atomic mass is 9.48. The monoisotopic (exact) mass is 428 g/mol. The minimum atomic E-state index is -0.541. The van der Waals surface area contributed by atoms with Gasteiger partial charge in [-0.15, -0.1) is 0 Å². The second kappa shape index (κ2) is 10.1. The fourth-order valence-corrected chi connectivity index (χ4v) is 6.87. The summed E-state index contributed by atoms with van der Waals surface area (Å²) in [5, 5.41) is 10.1. The van der Waals surface area contributed by atoms with Crippen molar-refractivity contribution in [3.05, 3.63) is 35.4 Å². The fourth-order valence-electron chi connectivity index (χ4n) is 6.87. The smallest absolute Gasteiger partial charge is 0.308 e. The van der Waals surface area contributed by atoms with Crippen LogP contribution in [0.4, 0.5) is 0 Å². The molecule has 2 aliphatic rings. The second-order valence-corrected chi connectivity index (χ2v) is 10.6. The van der Waals surface area contributed by atoms with E-state index in [1.165, 1.54) is 49.7 Å². The van der Waals surface area contributed by atoms with Crippen molar-refractivity contribution >= 4 is 5.97 Å². The molecule has 2 fully saturated rings. The maximum atomic E-state index is 11.9.